The maximum Gasteiger partial charge on any atom is 0.410 e. The number of hydrogen-bond donors (Lipinski definition) is 1. The van der Waals surface area contributed by atoms with Gasteiger partial charge >= 0.3 is 6.09 Å². The maximum absolute atomic E-state index is 16.1. The fourth-order valence-corrected chi connectivity index (χ4v) is 7.04. The predicted molar refractivity (Wildman–Crippen MR) is 178 cm³/mol. The van der Waals surface area contributed by atoms with E-state index in [4.69, 9.17) is 20.3 Å². The zero-order valence-corrected chi connectivity index (χ0v) is 27.3. The number of alkyl halides is 1. The van der Waals surface area contributed by atoms with Crippen molar-refractivity contribution in [2.24, 2.45) is 0 Å². The van der Waals surface area contributed by atoms with Crippen LogP contribution in [0.1, 0.15) is 46.1 Å². The zero-order valence-electron chi connectivity index (χ0n) is 27.3. The molecule has 0 radical (unpaired) electrons. The summed E-state index contributed by atoms with van der Waals surface area (Å²) in [5.41, 5.74) is 7.88. The van der Waals surface area contributed by atoms with Gasteiger partial charge in [-0.1, -0.05) is 18.2 Å². The molecule has 0 saturated carbocycles. The zero-order chi connectivity index (χ0) is 32.7. The quantitative estimate of drug-likeness (QED) is 0.290. The summed E-state index contributed by atoms with van der Waals surface area (Å²) >= 11 is 0. The molecule has 248 valence electrons. The summed E-state index contributed by atoms with van der Waals surface area (Å²) in [6, 6.07) is 17.5. The van der Waals surface area contributed by atoms with Crippen molar-refractivity contribution in [3.63, 3.8) is 0 Å². The van der Waals surface area contributed by atoms with Crippen LogP contribution in [0.3, 0.4) is 0 Å². The summed E-state index contributed by atoms with van der Waals surface area (Å²) in [6.45, 7) is 10.1. The lowest BCUT2D eigenvalue weighted by molar-refractivity contribution is -0.0289. The number of para-hydroxylation sites is 1. The van der Waals surface area contributed by atoms with Crippen molar-refractivity contribution in [1.82, 2.24) is 34.4 Å². The molecule has 47 heavy (non-hydrogen) atoms. The summed E-state index contributed by atoms with van der Waals surface area (Å²) in [5, 5.41) is 5.55. The molecular formula is C35H43FN8O3. The Hall–Kier alpha value is -4.29. The highest BCUT2D eigenvalue weighted by molar-refractivity contribution is 5.98. The minimum absolute atomic E-state index is 0.238. The Morgan fingerprint density at radius 2 is 1.55 bits per heavy atom. The van der Waals surface area contributed by atoms with Crippen LogP contribution >= 0.6 is 0 Å². The fraction of sp³-hybridized carbons (Fsp3) is 0.486. The van der Waals surface area contributed by atoms with E-state index in [0.717, 1.165) is 43.8 Å². The van der Waals surface area contributed by atoms with Crippen LogP contribution in [0.2, 0.25) is 0 Å². The molecule has 2 N–H and O–H groups in total. The third-order valence-electron chi connectivity index (χ3n) is 9.52. The first kappa shape index (κ1) is 31.3. The molecule has 12 heteroatoms. The number of nitrogen functional groups attached to an aromatic ring is 1. The van der Waals surface area contributed by atoms with E-state index in [2.05, 4.69) is 19.8 Å². The van der Waals surface area contributed by atoms with E-state index in [9.17, 15) is 4.79 Å². The van der Waals surface area contributed by atoms with Gasteiger partial charge in [-0.05, 0) is 76.4 Å². The van der Waals surface area contributed by atoms with Gasteiger partial charge in [0.1, 0.15) is 41.1 Å². The van der Waals surface area contributed by atoms with Crippen LogP contribution in [-0.2, 0) is 4.74 Å². The minimum Gasteiger partial charge on any atom is -0.457 e. The Morgan fingerprint density at radius 3 is 2.23 bits per heavy atom. The molecule has 2 aromatic carbocycles. The smallest absolute Gasteiger partial charge is 0.410 e. The van der Waals surface area contributed by atoms with Crippen molar-refractivity contribution in [3.8, 4) is 22.8 Å². The molecule has 4 aromatic rings. The predicted octanol–water partition coefficient (Wildman–Crippen LogP) is 5.54. The van der Waals surface area contributed by atoms with Crippen LogP contribution in [0.25, 0.3) is 22.3 Å². The van der Waals surface area contributed by atoms with Gasteiger partial charge in [0.05, 0.1) is 11.4 Å². The van der Waals surface area contributed by atoms with E-state index in [1.54, 1.807) is 9.58 Å². The van der Waals surface area contributed by atoms with Gasteiger partial charge in [0, 0.05) is 56.9 Å². The molecule has 1 amide bonds. The van der Waals surface area contributed by atoms with Gasteiger partial charge in [-0.2, -0.15) is 5.10 Å². The number of rotatable bonds is 6. The normalized spacial score (nSPS) is 21.9. The topological polar surface area (TPSA) is 115 Å². The lowest BCUT2D eigenvalue weighted by Crippen LogP contribution is -2.63. The largest absolute Gasteiger partial charge is 0.457 e. The van der Waals surface area contributed by atoms with E-state index in [1.165, 1.54) is 6.33 Å². The molecular weight excluding hydrogens is 599 g/mol. The second-order valence-corrected chi connectivity index (χ2v) is 13.9. The minimum atomic E-state index is -1.11. The average Bonchev–Trinajstić information content (AvgIpc) is 3.41. The number of hydrogen-bond acceptors (Lipinski definition) is 9. The van der Waals surface area contributed by atoms with Crippen molar-refractivity contribution in [2.75, 3.05) is 45.0 Å². The number of aromatic nitrogens is 4. The van der Waals surface area contributed by atoms with Crippen LogP contribution in [0, 0.1) is 0 Å². The molecule has 3 aliphatic heterocycles. The van der Waals surface area contributed by atoms with Crippen molar-refractivity contribution in [3.05, 3.63) is 60.9 Å². The number of piperidine rings is 2. The summed E-state index contributed by atoms with van der Waals surface area (Å²) < 4.78 is 29.3. The van der Waals surface area contributed by atoms with Crippen LogP contribution in [0.15, 0.2) is 60.9 Å². The first-order chi connectivity index (χ1) is 22.6. The number of benzene rings is 2. The lowest BCUT2D eigenvalue weighted by atomic mass is 9.95. The molecule has 3 saturated heterocycles. The molecule has 3 fully saturated rings. The van der Waals surface area contributed by atoms with Gasteiger partial charge in [-0.3, -0.25) is 9.80 Å². The number of carbonyl (C=O) groups is 1. The maximum atomic E-state index is 16.1. The highest BCUT2D eigenvalue weighted by Crippen LogP contribution is 2.37. The SMILES string of the molecule is CC(C)(C)OC(=O)N1CC(N2CCC(N3CC[C@H](n4nc(-c5ccc(Oc6ccccc6)cc5)c5c(N)ncnc54)[C@@H](F)C3)CC2)C1. The highest BCUT2D eigenvalue weighted by atomic mass is 19.1. The summed E-state index contributed by atoms with van der Waals surface area (Å²) in [4.78, 5) is 27.6. The Bertz CT molecular complexity index is 1700. The molecule has 7 rings (SSSR count). The van der Waals surface area contributed by atoms with Crippen LogP contribution in [0.5, 0.6) is 11.5 Å². The summed E-state index contributed by atoms with van der Waals surface area (Å²) in [6.07, 6.45) is 2.68. The van der Waals surface area contributed by atoms with Crippen molar-refractivity contribution in [1.29, 1.82) is 0 Å². The number of likely N-dealkylation sites (tertiary alicyclic amines) is 3. The Balaban J connectivity index is 0.985. The van der Waals surface area contributed by atoms with E-state index in [0.29, 0.717) is 66.4 Å². The third kappa shape index (κ3) is 6.62. The third-order valence-corrected chi connectivity index (χ3v) is 9.52. The molecule has 0 aliphatic carbocycles. The number of amides is 1. The number of anilines is 1. The number of nitrogens with two attached hydrogens (primary N) is 1. The van der Waals surface area contributed by atoms with Gasteiger partial charge in [0.25, 0.3) is 0 Å². The van der Waals surface area contributed by atoms with E-state index >= 15 is 4.39 Å². The summed E-state index contributed by atoms with van der Waals surface area (Å²) in [7, 11) is 0. The molecule has 0 spiro atoms. The lowest BCUT2D eigenvalue weighted by Gasteiger charge is -2.49. The number of ether oxygens (including phenoxy) is 2. The van der Waals surface area contributed by atoms with Gasteiger partial charge in [-0.25, -0.2) is 23.8 Å². The van der Waals surface area contributed by atoms with E-state index in [-0.39, 0.29) is 6.09 Å². The second kappa shape index (κ2) is 12.7. The standard InChI is InChI=1S/C35H43FN8O3/c1-35(2,3)47-34(45)43-19-25(20-43)41-16-13-24(14-17-41)42-18-15-29(28(36)21-42)44-33-30(32(37)38-22-39-33)31(40-44)23-9-11-27(12-10-23)46-26-7-5-4-6-8-26/h4-12,22,24-25,28-29H,13-21H2,1-3H3,(H2,37,38,39)/t28-,29-/m0/s1. The highest BCUT2D eigenvalue weighted by Gasteiger charge is 2.41. The van der Waals surface area contributed by atoms with E-state index in [1.807, 2.05) is 75.4 Å². The molecule has 5 heterocycles. The second-order valence-electron chi connectivity index (χ2n) is 13.9. The Labute approximate surface area is 274 Å². The Kier molecular flexibility index (Phi) is 8.48. The van der Waals surface area contributed by atoms with E-state index < -0.39 is 17.8 Å². The van der Waals surface area contributed by atoms with Gasteiger partial charge in [0.15, 0.2) is 5.65 Å². The van der Waals surface area contributed by atoms with Crippen LogP contribution < -0.4 is 10.5 Å². The van der Waals surface area contributed by atoms with Crippen molar-refractivity contribution >= 4 is 22.9 Å². The van der Waals surface area contributed by atoms with Gasteiger partial charge in [0.2, 0.25) is 0 Å². The summed E-state index contributed by atoms with van der Waals surface area (Å²) in [5.74, 6) is 1.77. The molecule has 2 aromatic heterocycles. The number of carbonyl (C=O) groups excluding carboxylic acids is 1. The monoisotopic (exact) mass is 642 g/mol. The number of nitrogens with zero attached hydrogens (tertiary/aromatic N) is 7. The molecule has 11 nitrogen and oxygen atoms in total. The van der Waals surface area contributed by atoms with Crippen molar-refractivity contribution < 1.29 is 18.7 Å². The van der Waals surface area contributed by atoms with Crippen molar-refractivity contribution in [2.45, 2.75) is 69.9 Å². The van der Waals surface area contributed by atoms with Gasteiger partial charge < -0.3 is 20.1 Å². The number of fused-ring (bicyclic) bond motifs is 1. The molecule has 2 atom stereocenters. The Morgan fingerprint density at radius 1 is 0.872 bits per heavy atom. The average molecular weight is 643 g/mol. The molecule has 3 aliphatic rings. The van der Waals surface area contributed by atoms with Crippen LogP contribution in [0.4, 0.5) is 15.0 Å². The van der Waals surface area contributed by atoms with Crippen LogP contribution in [-0.4, -0.2) is 104 Å². The first-order valence-corrected chi connectivity index (χ1v) is 16.5. The number of halogens is 1. The molecule has 0 bridgehead atoms. The molecule has 0 unspecified atom stereocenters. The first-order valence-electron chi connectivity index (χ1n) is 16.5. The van der Waals surface area contributed by atoms with Gasteiger partial charge in [-0.15, -0.1) is 0 Å². The fourth-order valence-electron chi connectivity index (χ4n) is 7.04.